The van der Waals surface area contributed by atoms with Gasteiger partial charge in [0.15, 0.2) is 11.3 Å². The van der Waals surface area contributed by atoms with Crippen molar-refractivity contribution in [3.8, 4) is 62.1 Å². The molecule has 2 aromatic heterocycles. The Bertz CT molecular complexity index is 4720. The monoisotopic (exact) mass is 1190 g/mol. The van der Waals surface area contributed by atoms with Crippen LogP contribution in [0.2, 0.25) is 0 Å². The predicted octanol–water partition coefficient (Wildman–Crippen LogP) is 0.202. The molecule has 11 aromatic rings. The summed E-state index contributed by atoms with van der Waals surface area (Å²) in [5.41, 5.74) is 2.88. The van der Waals surface area contributed by atoms with Gasteiger partial charge in [-0.15, -0.1) is 0 Å². The summed E-state index contributed by atoms with van der Waals surface area (Å²) >= 11 is 0. The van der Waals surface area contributed by atoms with Crippen molar-refractivity contribution in [2.45, 2.75) is 54.2 Å². The van der Waals surface area contributed by atoms with Crippen LogP contribution in [0, 0.1) is 6.07 Å². The van der Waals surface area contributed by atoms with Crippen LogP contribution in [0.15, 0.2) is 192 Å². The van der Waals surface area contributed by atoms with Gasteiger partial charge in [0.25, 0.3) is 11.1 Å². The molecule has 2 heterocycles. The molecule has 0 unspecified atom stereocenters. The summed E-state index contributed by atoms with van der Waals surface area (Å²) in [7, 11) is -14.8. The molecule has 15 nitrogen and oxygen atoms in total. The van der Waals surface area contributed by atoms with E-state index in [9.17, 15) is 38.9 Å². The van der Waals surface area contributed by atoms with Gasteiger partial charge in [0.1, 0.15) is 47.4 Å². The van der Waals surface area contributed by atoms with E-state index in [4.69, 9.17) is 13.9 Å². The fourth-order valence-electron chi connectivity index (χ4n) is 10.0. The van der Waals surface area contributed by atoms with Crippen LogP contribution >= 0.6 is 0 Å². The van der Waals surface area contributed by atoms with E-state index in [1.54, 1.807) is 42.5 Å². The maximum atomic E-state index is 15.8. The minimum atomic E-state index is -5.09. The van der Waals surface area contributed by atoms with Gasteiger partial charge in [-0.2, -0.15) is 18.2 Å². The van der Waals surface area contributed by atoms with E-state index >= 15 is 9.59 Å². The molecular weight excluding hydrogens is 1150 g/mol. The smallest absolute Gasteiger partial charge is 0.744 e. The number of hydrogen-bond acceptors (Lipinski definition) is 14. The van der Waals surface area contributed by atoms with Gasteiger partial charge in [-0.05, 0) is 89.2 Å². The van der Waals surface area contributed by atoms with Crippen LogP contribution in [-0.4, -0.2) is 43.5 Å². The number of para-hydroxylation sites is 2. The number of rotatable bonds is 13. The topological polar surface area (TPSA) is 242 Å². The van der Waals surface area contributed by atoms with E-state index in [0.29, 0.717) is 49.8 Å². The van der Waals surface area contributed by atoms with Gasteiger partial charge in [-0.3, -0.25) is 9.59 Å². The summed E-state index contributed by atoms with van der Waals surface area (Å²) < 4.78 is 132. The van der Waals surface area contributed by atoms with E-state index in [1.807, 2.05) is 76.2 Å². The zero-order valence-corrected chi connectivity index (χ0v) is 56.1. The zero-order valence-electron chi connectivity index (χ0n) is 45.6. The van der Waals surface area contributed by atoms with Gasteiger partial charge in [0.2, 0.25) is 0 Å². The Morgan fingerprint density at radius 3 is 1.46 bits per heavy atom. The summed E-state index contributed by atoms with van der Waals surface area (Å²) in [5, 5.41) is 1.26. The molecule has 0 aliphatic carbocycles. The molecule has 82 heavy (non-hydrogen) atoms. The molecule has 22 heteroatoms. The Kier molecular flexibility index (Phi) is 20.0. The summed E-state index contributed by atoms with van der Waals surface area (Å²) in [6, 6.07) is 44.5. The molecule has 0 N–H and O–H groups in total. The van der Waals surface area contributed by atoms with Gasteiger partial charge >= 0.3 is 118 Å². The summed E-state index contributed by atoms with van der Waals surface area (Å²) in [6.45, 7) is 7.81. The van der Waals surface area contributed by atoms with Crippen LogP contribution in [0.4, 0.5) is 0 Å². The molecule has 11 rings (SSSR count). The number of hydrogen-bond donors (Lipinski definition) is 0. The van der Waals surface area contributed by atoms with Gasteiger partial charge < -0.3 is 27.5 Å². The van der Waals surface area contributed by atoms with Crippen LogP contribution in [0.25, 0.3) is 82.6 Å². The summed E-state index contributed by atoms with van der Waals surface area (Å²) in [5.74, 6) is -0.232. The number of ether oxygens (including phenoxy) is 2. The second-order valence-electron chi connectivity index (χ2n) is 19.2. The molecule has 0 atom stereocenters. The minimum absolute atomic E-state index is 0. The largest absolute Gasteiger partial charge is 1.00 e. The third kappa shape index (κ3) is 12.2. The molecule has 392 valence electrons. The van der Waals surface area contributed by atoms with Crippen LogP contribution < -0.4 is 139 Å². The van der Waals surface area contributed by atoms with Crippen LogP contribution in [0.5, 0.6) is 23.0 Å². The van der Waals surface area contributed by atoms with Crippen molar-refractivity contribution in [1.82, 2.24) is 4.57 Å². The van der Waals surface area contributed by atoms with Crippen LogP contribution in [0.3, 0.4) is 0 Å². The molecular formula is C60H41NNa4O14S3. The van der Waals surface area contributed by atoms with Crippen LogP contribution in [0.1, 0.15) is 50.7 Å². The van der Waals surface area contributed by atoms with E-state index < -0.39 is 56.2 Å². The van der Waals surface area contributed by atoms with Crippen molar-refractivity contribution < 1.29 is 171 Å². The molecule has 0 aliphatic heterocycles. The van der Waals surface area contributed by atoms with Gasteiger partial charge in [0.05, 0.1) is 31.1 Å². The van der Waals surface area contributed by atoms with Crippen molar-refractivity contribution in [1.29, 1.82) is 0 Å². The molecule has 0 saturated heterocycles. The first-order chi connectivity index (χ1) is 37.1. The third-order valence-corrected chi connectivity index (χ3v) is 16.2. The molecule has 0 radical (unpaired) electrons. The van der Waals surface area contributed by atoms with Crippen LogP contribution in [-0.2, 0) is 30.4 Å². The van der Waals surface area contributed by atoms with E-state index in [2.05, 4.69) is 6.07 Å². The number of nitrogens with zero attached hydrogens (tertiary/aromatic N) is 1. The summed E-state index contributed by atoms with van der Waals surface area (Å²) in [4.78, 5) is 29.8. The zero-order chi connectivity index (χ0) is 55.2. The molecule has 0 spiro atoms. The van der Waals surface area contributed by atoms with E-state index in [-0.39, 0.29) is 197 Å². The Morgan fingerprint density at radius 1 is 0.463 bits per heavy atom. The second kappa shape index (κ2) is 25.2. The van der Waals surface area contributed by atoms with Crippen molar-refractivity contribution >= 4 is 73.8 Å². The average Bonchev–Trinajstić information content (AvgIpc) is 1.92. The Morgan fingerprint density at radius 2 is 0.939 bits per heavy atom. The fraction of sp³-hybridized carbons (Fsp3) is 0.100. The molecule has 0 fully saturated rings. The van der Waals surface area contributed by atoms with Gasteiger partial charge in [0, 0.05) is 32.9 Å². The van der Waals surface area contributed by atoms with E-state index in [1.165, 1.54) is 48.5 Å². The molecule has 0 bridgehead atoms. The molecule has 0 amide bonds. The second-order valence-corrected chi connectivity index (χ2v) is 23.3. The Hall–Kier alpha value is -4.49. The average molecular weight is 1190 g/mol. The quantitative estimate of drug-likeness (QED) is 0.0493. The van der Waals surface area contributed by atoms with Crippen molar-refractivity contribution in [2.24, 2.45) is 0 Å². The minimum Gasteiger partial charge on any atom is -0.744 e. The third-order valence-electron chi connectivity index (χ3n) is 13.7. The SMILES string of the molecule is CC(C)c1cccc(C(C)C)c1-n1c(=O)c2cc(Oc3ccc(S(=O)(=O)[O-])cc3-c3ccc(S(=O)(=O)[O-])cc3)c3oc4ccccc4c4c(Oc5c(-c6ccccc6)c[c-]cc5-c5ccc(S(=O)(=O)[O-])cc5)cc(c1=O)c2c34.[Na+].[Na+].[Na+].[Na+]. The predicted molar refractivity (Wildman–Crippen MR) is 292 cm³/mol. The first-order valence-electron chi connectivity index (χ1n) is 24.2. The number of benzene rings is 9. The van der Waals surface area contributed by atoms with Gasteiger partial charge in [-0.1, -0.05) is 141 Å². The number of pyridine rings is 1. The first kappa shape index (κ1) is 65.1. The fourth-order valence-corrected chi connectivity index (χ4v) is 11.5. The summed E-state index contributed by atoms with van der Waals surface area (Å²) in [6.07, 6.45) is 0. The first-order valence-corrected chi connectivity index (χ1v) is 28.4. The standard InChI is InChI=1S/C60H44NO14S3.4Na/c1-33(2)41-15-10-16-42(34(3)4)56(41)61-59(62)47-31-51(75-57-43(35-12-6-5-7-13-35)17-11-18-44(57)36-20-24-38(25-21-36)76(64,65)66)54-45-14-8-9-19-49(45)74-58-52(32-48(60(61)63)53(47)55(54)58)73-50-29-28-40(78(70,71)72)30-46(50)37-22-26-39(27-23-37)77(67,68)69;;;;/h5-10,12-34H,1-4H3,(H,64,65,66)(H,67,68,69)(H,70,71,72);;;;/q-1;4*+1/p-3. The molecule has 0 saturated carbocycles. The maximum Gasteiger partial charge on any atom is 1.00 e. The van der Waals surface area contributed by atoms with E-state index in [0.717, 1.165) is 28.8 Å². The number of fused-ring (bicyclic) bond motifs is 2. The van der Waals surface area contributed by atoms with Crippen molar-refractivity contribution in [3.63, 3.8) is 0 Å². The maximum absolute atomic E-state index is 15.8. The Labute approximate surface area is 560 Å². The van der Waals surface area contributed by atoms with Gasteiger partial charge in [-0.25, -0.2) is 29.8 Å². The van der Waals surface area contributed by atoms with Crippen molar-refractivity contribution in [2.75, 3.05) is 0 Å². The number of aromatic nitrogens is 1. The Balaban J connectivity index is 0.00000242. The molecule has 9 aromatic carbocycles. The van der Waals surface area contributed by atoms with Crippen molar-refractivity contribution in [3.05, 3.63) is 202 Å². The normalized spacial score (nSPS) is 11.8. The molecule has 0 aliphatic rings.